The summed E-state index contributed by atoms with van der Waals surface area (Å²) in [5, 5.41) is 3.78. The zero-order chi connectivity index (χ0) is 20.1. The number of piperidine rings is 1. The summed E-state index contributed by atoms with van der Waals surface area (Å²) in [6.45, 7) is 3.35. The van der Waals surface area contributed by atoms with Gasteiger partial charge in [-0.3, -0.25) is 4.79 Å². The maximum atomic E-state index is 12.8. The zero-order valence-corrected chi connectivity index (χ0v) is 16.7. The van der Waals surface area contributed by atoms with Gasteiger partial charge in [0, 0.05) is 25.5 Å². The lowest BCUT2D eigenvalue weighted by Gasteiger charge is -2.34. The summed E-state index contributed by atoms with van der Waals surface area (Å²) < 4.78 is 38.5. The number of benzene rings is 1. The standard InChI is InChI=1S/C21H25F3N2OS/c1-25(20(27)18-8-12-28-15-18)14-17-6-10-26(11-7-17)9-5-16-3-2-4-19(13-16)21(22,23)24/h2-4,8,12-13,15,17H,5-7,9-11,14H2,1H3. The van der Waals surface area contributed by atoms with Gasteiger partial charge in [0.1, 0.15) is 0 Å². The monoisotopic (exact) mass is 410 g/mol. The van der Waals surface area contributed by atoms with E-state index in [9.17, 15) is 18.0 Å². The van der Waals surface area contributed by atoms with Crippen molar-refractivity contribution in [3.05, 3.63) is 57.8 Å². The van der Waals surface area contributed by atoms with Crippen molar-refractivity contribution in [1.29, 1.82) is 0 Å². The molecule has 0 spiro atoms. The van der Waals surface area contributed by atoms with Gasteiger partial charge in [0.2, 0.25) is 0 Å². The van der Waals surface area contributed by atoms with E-state index in [1.54, 1.807) is 11.0 Å². The second-order valence-electron chi connectivity index (χ2n) is 7.43. The van der Waals surface area contributed by atoms with Crippen molar-refractivity contribution in [3.8, 4) is 0 Å². The first-order valence-corrected chi connectivity index (χ1v) is 10.4. The Bertz CT molecular complexity index is 768. The fourth-order valence-corrected chi connectivity index (χ4v) is 4.29. The Morgan fingerprint density at radius 2 is 2.00 bits per heavy atom. The van der Waals surface area contributed by atoms with Gasteiger partial charge in [-0.15, -0.1) is 0 Å². The molecule has 1 amide bonds. The largest absolute Gasteiger partial charge is 0.416 e. The van der Waals surface area contributed by atoms with Crippen LogP contribution in [0.2, 0.25) is 0 Å². The quantitative estimate of drug-likeness (QED) is 0.683. The van der Waals surface area contributed by atoms with Crippen LogP contribution in [0.5, 0.6) is 0 Å². The molecule has 0 N–H and O–H groups in total. The van der Waals surface area contributed by atoms with Crippen LogP contribution in [0.3, 0.4) is 0 Å². The number of rotatable bonds is 6. The van der Waals surface area contributed by atoms with Crippen molar-refractivity contribution in [3.63, 3.8) is 0 Å². The Morgan fingerprint density at radius 1 is 1.25 bits per heavy atom. The fourth-order valence-electron chi connectivity index (χ4n) is 3.66. The molecule has 7 heteroatoms. The van der Waals surface area contributed by atoms with E-state index in [1.807, 2.05) is 23.9 Å². The van der Waals surface area contributed by atoms with Crippen LogP contribution in [-0.2, 0) is 12.6 Å². The van der Waals surface area contributed by atoms with Crippen molar-refractivity contribution in [2.24, 2.45) is 5.92 Å². The number of likely N-dealkylation sites (tertiary alicyclic amines) is 1. The van der Waals surface area contributed by atoms with Gasteiger partial charge in [-0.25, -0.2) is 0 Å². The van der Waals surface area contributed by atoms with Crippen molar-refractivity contribution < 1.29 is 18.0 Å². The van der Waals surface area contributed by atoms with Crippen LogP contribution < -0.4 is 0 Å². The fraction of sp³-hybridized carbons (Fsp3) is 0.476. The smallest absolute Gasteiger partial charge is 0.341 e. The molecule has 0 aliphatic carbocycles. The second-order valence-corrected chi connectivity index (χ2v) is 8.21. The number of halogens is 3. The molecule has 0 bridgehead atoms. The molecule has 0 unspecified atom stereocenters. The van der Waals surface area contributed by atoms with Crippen LogP contribution in [0.15, 0.2) is 41.1 Å². The van der Waals surface area contributed by atoms with Crippen molar-refractivity contribution >= 4 is 17.2 Å². The Balaban J connectivity index is 1.43. The first-order chi connectivity index (χ1) is 13.3. The summed E-state index contributed by atoms with van der Waals surface area (Å²) in [6, 6.07) is 7.44. The molecule has 1 aromatic heterocycles. The third-order valence-corrected chi connectivity index (χ3v) is 6.01. The molecular weight excluding hydrogens is 385 g/mol. The predicted octanol–water partition coefficient (Wildman–Crippen LogP) is 4.79. The number of hydrogen-bond donors (Lipinski definition) is 0. The highest BCUT2D eigenvalue weighted by atomic mass is 32.1. The van der Waals surface area contributed by atoms with E-state index < -0.39 is 11.7 Å². The topological polar surface area (TPSA) is 23.6 Å². The average Bonchev–Trinajstić information content (AvgIpc) is 3.21. The lowest BCUT2D eigenvalue weighted by atomic mass is 9.95. The van der Waals surface area contributed by atoms with Gasteiger partial charge >= 0.3 is 6.18 Å². The minimum atomic E-state index is -4.29. The lowest BCUT2D eigenvalue weighted by Crippen LogP contribution is -2.40. The molecule has 1 aliphatic rings. The van der Waals surface area contributed by atoms with Crippen LogP contribution in [0.25, 0.3) is 0 Å². The Hall–Kier alpha value is -1.86. The van der Waals surface area contributed by atoms with E-state index >= 15 is 0 Å². The van der Waals surface area contributed by atoms with E-state index in [-0.39, 0.29) is 5.91 Å². The molecule has 28 heavy (non-hydrogen) atoms. The maximum Gasteiger partial charge on any atom is 0.416 e. The maximum absolute atomic E-state index is 12.8. The second kappa shape index (κ2) is 9.09. The Kier molecular flexibility index (Phi) is 6.78. The van der Waals surface area contributed by atoms with E-state index in [0.29, 0.717) is 12.3 Å². The number of hydrogen-bond acceptors (Lipinski definition) is 3. The molecule has 1 aromatic carbocycles. The number of carbonyl (C=O) groups excluding carboxylic acids is 1. The van der Waals surface area contributed by atoms with Crippen molar-refractivity contribution in [2.75, 3.05) is 33.2 Å². The summed E-state index contributed by atoms with van der Waals surface area (Å²) in [7, 11) is 1.85. The normalized spacial score (nSPS) is 16.3. The summed E-state index contributed by atoms with van der Waals surface area (Å²) >= 11 is 1.52. The Morgan fingerprint density at radius 3 is 2.64 bits per heavy atom. The highest BCUT2D eigenvalue weighted by Crippen LogP contribution is 2.29. The van der Waals surface area contributed by atoms with Crippen LogP contribution in [-0.4, -0.2) is 48.9 Å². The van der Waals surface area contributed by atoms with E-state index in [2.05, 4.69) is 4.90 Å². The van der Waals surface area contributed by atoms with Gasteiger partial charge in [-0.2, -0.15) is 24.5 Å². The van der Waals surface area contributed by atoms with Gasteiger partial charge in [-0.1, -0.05) is 18.2 Å². The summed E-state index contributed by atoms with van der Waals surface area (Å²) in [6.07, 6.45) is -1.67. The number of nitrogens with zero attached hydrogens (tertiary/aromatic N) is 2. The van der Waals surface area contributed by atoms with Gasteiger partial charge < -0.3 is 9.80 Å². The minimum absolute atomic E-state index is 0.0632. The van der Waals surface area contributed by atoms with Crippen molar-refractivity contribution in [2.45, 2.75) is 25.4 Å². The first kappa shape index (κ1) is 20.9. The molecule has 3 nitrogen and oxygen atoms in total. The van der Waals surface area contributed by atoms with Crippen LogP contribution in [0, 0.1) is 5.92 Å². The van der Waals surface area contributed by atoms with Gasteiger partial charge in [0.15, 0.2) is 0 Å². The summed E-state index contributed by atoms with van der Waals surface area (Å²) in [4.78, 5) is 16.4. The molecule has 1 saturated heterocycles. The molecule has 2 aromatic rings. The molecule has 0 saturated carbocycles. The average molecular weight is 411 g/mol. The third-order valence-electron chi connectivity index (χ3n) is 5.33. The third kappa shape index (κ3) is 5.58. The summed E-state index contributed by atoms with van der Waals surface area (Å²) in [5.74, 6) is 0.533. The number of thiophene rings is 1. The molecule has 2 heterocycles. The highest BCUT2D eigenvalue weighted by molar-refractivity contribution is 7.08. The van der Waals surface area contributed by atoms with Gasteiger partial charge in [-0.05, 0) is 61.3 Å². The molecular formula is C21H25F3N2OS. The number of carbonyl (C=O) groups is 1. The zero-order valence-electron chi connectivity index (χ0n) is 15.9. The molecule has 0 atom stereocenters. The SMILES string of the molecule is CN(CC1CCN(CCc2cccc(C(F)(F)F)c2)CC1)C(=O)c1ccsc1. The molecule has 1 fully saturated rings. The van der Waals surface area contributed by atoms with E-state index in [4.69, 9.17) is 0 Å². The van der Waals surface area contributed by atoms with Crippen molar-refractivity contribution in [1.82, 2.24) is 9.80 Å². The lowest BCUT2D eigenvalue weighted by molar-refractivity contribution is -0.137. The van der Waals surface area contributed by atoms with Gasteiger partial charge in [0.05, 0.1) is 11.1 Å². The number of alkyl halides is 3. The highest BCUT2D eigenvalue weighted by Gasteiger charge is 2.30. The first-order valence-electron chi connectivity index (χ1n) is 9.49. The molecule has 3 rings (SSSR count). The number of amides is 1. The van der Waals surface area contributed by atoms with Gasteiger partial charge in [0.25, 0.3) is 5.91 Å². The molecule has 152 valence electrons. The van der Waals surface area contributed by atoms with E-state index in [1.165, 1.54) is 23.5 Å². The van der Waals surface area contributed by atoms with E-state index in [0.717, 1.165) is 56.2 Å². The summed E-state index contributed by atoms with van der Waals surface area (Å²) in [5.41, 5.74) is 0.881. The Labute approximate surface area is 167 Å². The molecule has 1 aliphatic heterocycles. The minimum Gasteiger partial charge on any atom is -0.341 e. The molecule has 0 radical (unpaired) electrons. The van der Waals surface area contributed by atoms with Crippen LogP contribution in [0.4, 0.5) is 13.2 Å². The predicted molar refractivity (Wildman–Crippen MR) is 106 cm³/mol. The van der Waals surface area contributed by atoms with Crippen LogP contribution >= 0.6 is 11.3 Å². The van der Waals surface area contributed by atoms with Crippen LogP contribution in [0.1, 0.15) is 34.3 Å².